The number of ether oxygens (including phenoxy) is 1. The van der Waals surface area contributed by atoms with Crippen molar-refractivity contribution in [1.29, 1.82) is 0 Å². The number of hydrogen-bond donors (Lipinski definition) is 1. The summed E-state index contributed by atoms with van der Waals surface area (Å²) in [6.07, 6.45) is 6.83. The van der Waals surface area contributed by atoms with Gasteiger partial charge < -0.3 is 14.6 Å². The minimum Gasteiger partial charge on any atom is -0.461 e. The molecule has 10 nitrogen and oxygen atoms in total. The first-order chi connectivity index (χ1) is 12.0. The van der Waals surface area contributed by atoms with Gasteiger partial charge in [0, 0.05) is 14.1 Å². The number of nitrogens with zero attached hydrogens (tertiary/aromatic N) is 5. The van der Waals surface area contributed by atoms with Crippen molar-refractivity contribution in [2.75, 3.05) is 13.6 Å². The highest BCUT2D eigenvalue weighted by Crippen LogP contribution is 2.20. The number of aryl methyl sites for hydroxylation is 1. The molecule has 1 aromatic rings. The molecular weight excluding hydrogens is 328 g/mol. The van der Waals surface area contributed by atoms with E-state index in [0.29, 0.717) is 6.41 Å². The second-order valence-electron chi connectivity index (χ2n) is 5.83. The summed E-state index contributed by atoms with van der Waals surface area (Å²) in [6, 6.07) is 0. The van der Waals surface area contributed by atoms with Crippen molar-refractivity contribution in [3.63, 3.8) is 0 Å². The molecule has 0 aliphatic heterocycles. The van der Waals surface area contributed by atoms with Gasteiger partial charge in [0.2, 0.25) is 6.41 Å². The van der Waals surface area contributed by atoms with Gasteiger partial charge in [0.25, 0.3) is 5.91 Å². The first-order valence-electron chi connectivity index (χ1n) is 8.10. The van der Waals surface area contributed by atoms with E-state index >= 15 is 0 Å². The summed E-state index contributed by atoms with van der Waals surface area (Å²) >= 11 is 0. The van der Waals surface area contributed by atoms with E-state index in [9.17, 15) is 14.4 Å². The molecule has 1 saturated carbocycles. The van der Waals surface area contributed by atoms with E-state index in [0.717, 1.165) is 30.7 Å². The van der Waals surface area contributed by atoms with Crippen LogP contribution in [-0.2, 0) is 21.4 Å². The third-order valence-electron chi connectivity index (χ3n) is 3.80. The maximum atomic E-state index is 12.2. The first-order valence-corrected chi connectivity index (χ1v) is 8.10. The lowest BCUT2D eigenvalue weighted by atomic mass is 9.98. The third kappa shape index (κ3) is 5.37. The van der Waals surface area contributed by atoms with Crippen molar-refractivity contribution >= 4 is 24.1 Å². The van der Waals surface area contributed by atoms with Gasteiger partial charge in [-0.25, -0.2) is 9.99 Å². The highest BCUT2D eigenvalue weighted by Gasteiger charge is 2.20. The molecule has 1 N–H and O–H groups in total. The van der Waals surface area contributed by atoms with Crippen molar-refractivity contribution in [3.05, 3.63) is 12.0 Å². The van der Waals surface area contributed by atoms with Crippen molar-refractivity contribution in [1.82, 2.24) is 19.9 Å². The number of carbonyl (C=O) groups is 3. The summed E-state index contributed by atoms with van der Waals surface area (Å²) in [6.45, 7) is -0.239. The molecule has 2 amide bonds. The van der Waals surface area contributed by atoms with Gasteiger partial charge >= 0.3 is 5.97 Å². The standard InChI is InChI=1S/C15H22N6O4/c1-20-9-17-13(14(20)18-19-21(2)10-22)15(24)16-8-12(23)25-11-6-4-3-5-7-11/h9-11H,3-8H2,1-2H3,(H,16,24). The quantitative estimate of drug-likeness (QED) is 0.342. The normalized spacial score (nSPS) is 15.1. The second kappa shape index (κ2) is 8.90. The molecule has 0 saturated heterocycles. The van der Waals surface area contributed by atoms with Crippen molar-refractivity contribution in [3.8, 4) is 0 Å². The maximum absolute atomic E-state index is 12.2. The van der Waals surface area contributed by atoms with Crippen LogP contribution in [0, 0.1) is 0 Å². The number of esters is 1. The molecular formula is C15H22N6O4. The SMILES string of the molecule is CN(C=O)N=Nc1c(C(=O)NCC(=O)OC2CCCCC2)ncn1C. The Balaban J connectivity index is 1.91. The second-order valence-corrected chi connectivity index (χ2v) is 5.83. The highest BCUT2D eigenvalue weighted by atomic mass is 16.5. The zero-order chi connectivity index (χ0) is 18.2. The Hall–Kier alpha value is -2.78. The van der Waals surface area contributed by atoms with E-state index < -0.39 is 11.9 Å². The highest BCUT2D eigenvalue weighted by molar-refractivity contribution is 5.97. The van der Waals surface area contributed by atoms with Crippen LogP contribution in [0.4, 0.5) is 5.82 Å². The van der Waals surface area contributed by atoms with E-state index in [2.05, 4.69) is 20.6 Å². The van der Waals surface area contributed by atoms with Crippen molar-refractivity contribution in [2.24, 2.45) is 17.4 Å². The summed E-state index contributed by atoms with van der Waals surface area (Å²) in [5.41, 5.74) is 0.0102. The number of aromatic nitrogens is 2. The summed E-state index contributed by atoms with van der Waals surface area (Å²) < 4.78 is 6.82. The molecule has 1 aliphatic carbocycles. The van der Waals surface area contributed by atoms with E-state index in [1.54, 1.807) is 7.05 Å². The summed E-state index contributed by atoms with van der Waals surface area (Å²) in [5, 5.41) is 10.9. The molecule has 0 bridgehead atoms. The Labute approximate surface area is 145 Å². The Morgan fingerprint density at radius 3 is 2.84 bits per heavy atom. The third-order valence-corrected chi connectivity index (χ3v) is 3.80. The van der Waals surface area contributed by atoms with Gasteiger partial charge in [0.05, 0.1) is 6.33 Å². The summed E-state index contributed by atoms with van der Waals surface area (Å²) in [5.74, 6) is -0.865. The number of imidazole rings is 1. The minimum absolute atomic E-state index is 0.0102. The fraction of sp³-hybridized carbons (Fsp3) is 0.600. The van der Waals surface area contributed by atoms with Gasteiger partial charge in [-0.3, -0.25) is 14.4 Å². The Bertz CT molecular complexity index is 650. The lowest BCUT2D eigenvalue weighted by Crippen LogP contribution is -2.33. The van der Waals surface area contributed by atoms with Crippen LogP contribution in [0.1, 0.15) is 42.6 Å². The number of amides is 2. The Kier molecular flexibility index (Phi) is 6.61. The molecule has 0 spiro atoms. The van der Waals surface area contributed by atoms with Crippen LogP contribution in [-0.4, -0.2) is 52.5 Å². The summed E-state index contributed by atoms with van der Waals surface area (Å²) in [7, 11) is 3.05. The first kappa shape index (κ1) is 18.6. The Morgan fingerprint density at radius 2 is 2.16 bits per heavy atom. The molecule has 10 heteroatoms. The molecule has 25 heavy (non-hydrogen) atoms. The molecule has 1 aliphatic rings. The number of carbonyl (C=O) groups excluding carboxylic acids is 3. The van der Waals surface area contributed by atoms with Crippen LogP contribution in [0.5, 0.6) is 0 Å². The van der Waals surface area contributed by atoms with E-state index in [4.69, 9.17) is 4.74 Å². The van der Waals surface area contributed by atoms with E-state index in [-0.39, 0.29) is 24.2 Å². The lowest BCUT2D eigenvalue weighted by molar-refractivity contribution is -0.149. The van der Waals surface area contributed by atoms with Gasteiger partial charge in [-0.2, -0.15) is 0 Å². The average molecular weight is 350 g/mol. The van der Waals surface area contributed by atoms with Crippen molar-refractivity contribution < 1.29 is 19.1 Å². The zero-order valence-electron chi connectivity index (χ0n) is 14.3. The lowest BCUT2D eigenvalue weighted by Gasteiger charge is -2.21. The monoisotopic (exact) mass is 350 g/mol. The maximum Gasteiger partial charge on any atom is 0.325 e. The van der Waals surface area contributed by atoms with Gasteiger partial charge in [-0.15, -0.1) is 5.11 Å². The number of nitrogens with one attached hydrogen (secondary N) is 1. The van der Waals surface area contributed by atoms with Gasteiger partial charge in [0.1, 0.15) is 12.6 Å². The van der Waals surface area contributed by atoms with Gasteiger partial charge in [-0.05, 0) is 25.7 Å². The molecule has 1 aromatic heterocycles. The average Bonchev–Trinajstić information content (AvgIpc) is 2.99. The topological polar surface area (TPSA) is 118 Å². The van der Waals surface area contributed by atoms with Crippen LogP contribution in [0.15, 0.2) is 16.7 Å². The molecule has 0 unspecified atom stereocenters. The van der Waals surface area contributed by atoms with Gasteiger partial charge in [-0.1, -0.05) is 11.6 Å². The molecule has 0 atom stereocenters. The zero-order valence-corrected chi connectivity index (χ0v) is 14.3. The number of hydrogen-bond acceptors (Lipinski definition) is 7. The molecule has 1 heterocycles. The predicted molar refractivity (Wildman–Crippen MR) is 86.8 cm³/mol. The van der Waals surface area contributed by atoms with Crippen LogP contribution in [0.2, 0.25) is 0 Å². The fourth-order valence-electron chi connectivity index (χ4n) is 2.48. The van der Waals surface area contributed by atoms with Crippen LogP contribution < -0.4 is 5.32 Å². The van der Waals surface area contributed by atoms with Crippen LogP contribution in [0.3, 0.4) is 0 Å². The van der Waals surface area contributed by atoms with Crippen LogP contribution >= 0.6 is 0 Å². The fourth-order valence-corrected chi connectivity index (χ4v) is 2.48. The molecule has 0 aromatic carbocycles. The van der Waals surface area contributed by atoms with Crippen molar-refractivity contribution in [2.45, 2.75) is 38.2 Å². The predicted octanol–water partition coefficient (Wildman–Crippen LogP) is 1.11. The Morgan fingerprint density at radius 1 is 1.44 bits per heavy atom. The number of rotatable bonds is 7. The smallest absolute Gasteiger partial charge is 0.325 e. The van der Waals surface area contributed by atoms with E-state index in [1.165, 1.54) is 24.4 Å². The van der Waals surface area contributed by atoms with Crippen LogP contribution in [0.25, 0.3) is 0 Å². The molecule has 0 radical (unpaired) electrons. The summed E-state index contributed by atoms with van der Waals surface area (Å²) in [4.78, 5) is 38.5. The van der Waals surface area contributed by atoms with Gasteiger partial charge in [0.15, 0.2) is 11.5 Å². The molecule has 136 valence electrons. The van der Waals surface area contributed by atoms with E-state index in [1.807, 2.05) is 0 Å². The largest absolute Gasteiger partial charge is 0.461 e. The minimum atomic E-state index is -0.566. The molecule has 2 rings (SSSR count). The molecule has 1 fully saturated rings.